The summed E-state index contributed by atoms with van der Waals surface area (Å²) in [5, 5.41) is 0. The predicted molar refractivity (Wildman–Crippen MR) is 54.0 cm³/mol. The van der Waals surface area contributed by atoms with Crippen LogP contribution in [-0.2, 0) is 0 Å². The Kier molecular flexibility index (Phi) is 2.45. The molecule has 1 heterocycles. The highest BCUT2D eigenvalue weighted by molar-refractivity contribution is 9.10. The van der Waals surface area contributed by atoms with E-state index >= 15 is 0 Å². The number of nitrogens with two attached hydrogens (primary N) is 2. The molecule has 13 heavy (non-hydrogen) atoms. The molecule has 0 aromatic carbocycles. The third-order valence-corrected chi connectivity index (χ3v) is 2.93. The van der Waals surface area contributed by atoms with Crippen LogP contribution in [0.2, 0.25) is 0 Å². The molecule has 3 nitrogen and oxygen atoms in total. The van der Waals surface area contributed by atoms with Crippen LogP contribution < -0.4 is 11.5 Å². The maximum Gasteiger partial charge on any atom is 0.169 e. The zero-order valence-electron chi connectivity index (χ0n) is 7.24. The molecule has 0 radical (unpaired) electrons. The summed E-state index contributed by atoms with van der Waals surface area (Å²) in [4.78, 5) is 0. The lowest BCUT2D eigenvalue weighted by atomic mass is 10.0. The smallest absolute Gasteiger partial charge is 0.169 e. The highest BCUT2D eigenvalue weighted by atomic mass is 79.9. The molecule has 1 fully saturated rings. The quantitative estimate of drug-likeness (QED) is 0.852. The summed E-state index contributed by atoms with van der Waals surface area (Å²) in [5.41, 5.74) is 11.9. The first kappa shape index (κ1) is 9.24. The maximum atomic E-state index is 5.96. The van der Waals surface area contributed by atoms with Gasteiger partial charge in [-0.15, -0.1) is 0 Å². The summed E-state index contributed by atoms with van der Waals surface area (Å²) >= 11 is 3.24. The third-order valence-electron chi connectivity index (χ3n) is 2.50. The van der Waals surface area contributed by atoms with Gasteiger partial charge in [-0.2, -0.15) is 0 Å². The van der Waals surface area contributed by atoms with Crippen molar-refractivity contribution >= 4 is 15.9 Å². The molecule has 72 valence electrons. The van der Waals surface area contributed by atoms with Crippen LogP contribution in [0.5, 0.6) is 0 Å². The molecule has 2 rings (SSSR count). The van der Waals surface area contributed by atoms with Gasteiger partial charge in [-0.05, 0) is 46.8 Å². The van der Waals surface area contributed by atoms with Gasteiger partial charge in [0.1, 0.15) is 5.76 Å². The SMILES string of the molecule is NC(c1ccc(Br)o1)C(N)C1CC1. The van der Waals surface area contributed by atoms with Crippen molar-refractivity contribution in [3.05, 3.63) is 22.6 Å². The molecule has 2 atom stereocenters. The first-order chi connectivity index (χ1) is 6.18. The normalized spacial score (nSPS) is 21.5. The summed E-state index contributed by atoms with van der Waals surface area (Å²) in [7, 11) is 0. The molecule has 0 amide bonds. The van der Waals surface area contributed by atoms with E-state index < -0.39 is 0 Å². The van der Waals surface area contributed by atoms with E-state index in [1.165, 1.54) is 12.8 Å². The molecule has 0 bridgehead atoms. The van der Waals surface area contributed by atoms with Crippen molar-refractivity contribution in [2.45, 2.75) is 24.9 Å². The Hall–Kier alpha value is -0.320. The minimum absolute atomic E-state index is 0.0399. The number of furan rings is 1. The summed E-state index contributed by atoms with van der Waals surface area (Å²) in [5.74, 6) is 1.37. The summed E-state index contributed by atoms with van der Waals surface area (Å²) in [6.45, 7) is 0. The Balaban J connectivity index is 2.06. The van der Waals surface area contributed by atoms with E-state index in [2.05, 4.69) is 15.9 Å². The molecule has 0 aliphatic heterocycles. The van der Waals surface area contributed by atoms with Crippen LogP contribution in [0.1, 0.15) is 24.6 Å². The predicted octanol–water partition coefficient (Wildman–Crippen LogP) is 1.78. The Morgan fingerprint density at radius 1 is 1.38 bits per heavy atom. The molecule has 1 aliphatic rings. The van der Waals surface area contributed by atoms with Gasteiger partial charge in [0.25, 0.3) is 0 Å². The Labute approximate surface area is 85.6 Å². The fourth-order valence-electron chi connectivity index (χ4n) is 1.47. The molecule has 4 heteroatoms. The average molecular weight is 245 g/mol. The van der Waals surface area contributed by atoms with Gasteiger partial charge in [0.05, 0.1) is 6.04 Å². The monoisotopic (exact) mass is 244 g/mol. The Morgan fingerprint density at radius 3 is 2.54 bits per heavy atom. The standard InChI is InChI=1S/C9H13BrN2O/c10-7-4-3-6(13-7)9(12)8(11)5-1-2-5/h3-5,8-9H,1-2,11-12H2. The zero-order chi connectivity index (χ0) is 9.42. The van der Waals surface area contributed by atoms with Crippen LogP contribution in [0.15, 0.2) is 21.2 Å². The summed E-state index contributed by atoms with van der Waals surface area (Å²) < 4.78 is 6.07. The van der Waals surface area contributed by atoms with Gasteiger partial charge in [0.2, 0.25) is 0 Å². The lowest BCUT2D eigenvalue weighted by Crippen LogP contribution is -2.35. The van der Waals surface area contributed by atoms with Crippen LogP contribution in [0.4, 0.5) is 0 Å². The molecule has 1 saturated carbocycles. The fourth-order valence-corrected chi connectivity index (χ4v) is 1.79. The van der Waals surface area contributed by atoms with Crippen molar-refractivity contribution in [3.8, 4) is 0 Å². The van der Waals surface area contributed by atoms with E-state index in [1.54, 1.807) is 0 Å². The molecule has 0 spiro atoms. The largest absolute Gasteiger partial charge is 0.453 e. The molecule has 1 aliphatic carbocycles. The third kappa shape index (κ3) is 1.95. The molecule has 1 aromatic heterocycles. The van der Waals surface area contributed by atoms with Crippen molar-refractivity contribution in [1.29, 1.82) is 0 Å². The van der Waals surface area contributed by atoms with Crippen molar-refractivity contribution in [2.75, 3.05) is 0 Å². The molecule has 2 unspecified atom stereocenters. The maximum absolute atomic E-state index is 5.96. The van der Waals surface area contributed by atoms with Crippen LogP contribution in [0.3, 0.4) is 0 Å². The van der Waals surface area contributed by atoms with Crippen molar-refractivity contribution < 1.29 is 4.42 Å². The molecular formula is C9H13BrN2O. The lowest BCUT2D eigenvalue weighted by molar-refractivity contribution is 0.392. The van der Waals surface area contributed by atoms with Gasteiger partial charge >= 0.3 is 0 Å². The summed E-state index contributed by atoms with van der Waals surface area (Å²) in [6.07, 6.45) is 2.41. The van der Waals surface area contributed by atoms with Gasteiger partial charge in [0.15, 0.2) is 4.67 Å². The number of hydrogen-bond donors (Lipinski definition) is 2. The van der Waals surface area contributed by atoms with Crippen molar-refractivity contribution in [3.63, 3.8) is 0 Å². The van der Waals surface area contributed by atoms with Gasteiger partial charge in [-0.25, -0.2) is 0 Å². The topological polar surface area (TPSA) is 65.2 Å². The Morgan fingerprint density at radius 2 is 2.08 bits per heavy atom. The molecule has 1 aromatic rings. The van der Waals surface area contributed by atoms with Gasteiger partial charge in [-0.1, -0.05) is 0 Å². The van der Waals surface area contributed by atoms with E-state index in [0.29, 0.717) is 10.6 Å². The van der Waals surface area contributed by atoms with Crippen LogP contribution >= 0.6 is 15.9 Å². The minimum Gasteiger partial charge on any atom is -0.453 e. The lowest BCUT2D eigenvalue weighted by Gasteiger charge is -2.16. The molecular weight excluding hydrogens is 232 g/mol. The molecule has 0 saturated heterocycles. The van der Waals surface area contributed by atoms with Crippen LogP contribution in [0.25, 0.3) is 0 Å². The van der Waals surface area contributed by atoms with Crippen LogP contribution in [-0.4, -0.2) is 6.04 Å². The second-order valence-electron chi connectivity index (χ2n) is 3.58. The van der Waals surface area contributed by atoms with Crippen molar-refractivity contribution in [2.24, 2.45) is 17.4 Å². The number of hydrogen-bond acceptors (Lipinski definition) is 3. The second kappa shape index (κ2) is 3.44. The first-order valence-electron chi connectivity index (χ1n) is 4.45. The van der Waals surface area contributed by atoms with Crippen molar-refractivity contribution in [1.82, 2.24) is 0 Å². The Bertz CT molecular complexity index is 296. The molecule has 4 N–H and O–H groups in total. The first-order valence-corrected chi connectivity index (χ1v) is 5.24. The van der Waals surface area contributed by atoms with Gasteiger partial charge < -0.3 is 15.9 Å². The van der Waals surface area contributed by atoms with E-state index in [0.717, 1.165) is 5.76 Å². The van der Waals surface area contributed by atoms with E-state index in [9.17, 15) is 0 Å². The second-order valence-corrected chi connectivity index (χ2v) is 4.36. The fraction of sp³-hybridized carbons (Fsp3) is 0.556. The van der Waals surface area contributed by atoms with E-state index in [4.69, 9.17) is 15.9 Å². The highest BCUT2D eigenvalue weighted by Crippen LogP contribution is 2.36. The number of halogens is 1. The average Bonchev–Trinajstić information content (AvgIpc) is 2.87. The van der Waals surface area contributed by atoms with E-state index in [1.807, 2.05) is 12.1 Å². The highest BCUT2D eigenvalue weighted by Gasteiger charge is 2.34. The zero-order valence-corrected chi connectivity index (χ0v) is 8.83. The summed E-state index contributed by atoms with van der Waals surface area (Å²) in [6, 6.07) is 3.59. The van der Waals surface area contributed by atoms with E-state index in [-0.39, 0.29) is 12.1 Å². The number of rotatable bonds is 3. The minimum atomic E-state index is -0.168. The van der Waals surface area contributed by atoms with Gasteiger partial charge in [0, 0.05) is 6.04 Å². The van der Waals surface area contributed by atoms with Gasteiger partial charge in [-0.3, -0.25) is 0 Å². The van der Waals surface area contributed by atoms with Crippen LogP contribution in [0, 0.1) is 5.92 Å².